The molecule has 0 aromatic heterocycles. The number of benzene rings is 1. The number of amides is 2. The van der Waals surface area contributed by atoms with Crippen LogP contribution in [-0.2, 0) is 0 Å². The summed E-state index contributed by atoms with van der Waals surface area (Å²) in [6.07, 6.45) is 3.46. The topological polar surface area (TPSA) is 53.6 Å². The molecule has 0 saturated carbocycles. The number of carbonyl (C=O) groups is 1. The lowest BCUT2D eigenvalue weighted by Crippen LogP contribution is -2.55. The zero-order valence-corrected chi connectivity index (χ0v) is 13.1. The van der Waals surface area contributed by atoms with E-state index in [4.69, 9.17) is 4.74 Å². The summed E-state index contributed by atoms with van der Waals surface area (Å²) >= 11 is 0. The summed E-state index contributed by atoms with van der Waals surface area (Å²) in [5.41, 5.74) is 3.72. The zero-order valence-electron chi connectivity index (χ0n) is 13.1. The van der Waals surface area contributed by atoms with Crippen molar-refractivity contribution in [3.8, 4) is 5.75 Å². The number of nitrogens with one attached hydrogen (secondary N) is 2. The second-order valence-electron chi connectivity index (χ2n) is 5.56. The third-order valence-electron chi connectivity index (χ3n) is 3.85. The number of rotatable bonds is 4. The van der Waals surface area contributed by atoms with Crippen LogP contribution >= 0.6 is 0 Å². The largest absolute Gasteiger partial charge is 0.494 e. The molecule has 5 heteroatoms. The van der Waals surface area contributed by atoms with Gasteiger partial charge in [-0.15, -0.1) is 0 Å². The van der Waals surface area contributed by atoms with E-state index in [9.17, 15) is 4.79 Å². The average molecular weight is 291 g/mol. The summed E-state index contributed by atoms with van der Waals surface area (Å²) in [5, 5.41) is 4.90. The molecule has 1 aliphatic heterocycles. The van der Waals surface area contributed by atoms with Crippen LogP contribution in [0.2, 0.25) is 0 Å². The fourth-order valence-corrected chi connectivity index (χ4v) is 2.72. The molecule has 0 spiro atoms. The zero-order chi connectivity index (χ0) is 15.2. The van der Waals surface area contributed by atoms with Crippen molar-refractivity contribution in [2.45, 2.75) is 52.1 Å². The summed E-state index contributed by atoms with van der Waals surface area (Å²) in [7, 11) is 0. The lowest BCUT2D eigenvalue weighted by molar-refractivity contribution is 0.0625. The third-order valence-corrected chi connectivity index (χ3v) is 3.85. The standard InChI is InChI=1S/C16H25N3O2/c1-4-21-15-10-8-14(9-11-15)17-16(20)18-19-12(2)6-5-7-13(19)3/h8-13H,4-7H2,1-3H3,(H2,17,18,20)/t12-,13-/m1/s1. The third kappa shape index (κ3) is 4.36. The van der Waals surface area contributed by atoms with Crippen LogP contribution in [0, 0.1) is 0 Å². The first-order chi connectivity index (χ1) is 10.1. The van der Waals surface area contributed by atoms with Gasteiger partial charge in [-0.2, -0.15) is 0 Å². The molecule has 2 N–H and O–H groups in total. The summed E-state index contributed by atoms with van der Waals surface area (Å²) in [6, 6.07) is 7.94. The highest BCUT2D eigenvalue weighted by molar-refractivity contribution is 5.88. The normalized spacial score (nSPS) is 22.6. The van der Waals surface area contributed by atoms with Crippen molar-refractivity contribution in [3.63, 3.8) is 0 Å². The van der Waals surface area contributed by atoms with Crippen LogP contribution in [0.4, 0.5) is 10.5 Å². The highest BCUT2D eigenvalue weighted by Crippen LogP contribution is 2.20. The van der Waals surface area contributed by atoms with Crippen molar-refractivity contribution in [2.24, 2.45) is 0 Å². The van der Waals surface area contributed by atoms with Gasteiger partial charge in [-0.1, -0.05) is 6.42 Å². The first-order valence-corrected chi connectivity index (χ1v) is 7.69. The second kappa shape index (κ2) is 7.31. The predicted octanol–water partition coefficient (Wildman–Crippen LogP) is 3.38. The molecule has 2 amide bonds. The molecule has 0 bridgehead atoms. The van der Waals surface area contributed by atoms with E-state index in [-0.39, 0.29) is 6.03 Å². The number of hydrazine groups is 1. The van der Waals surface area contributed by atoms with E-state index >= 15 is 0 Å². The van der Waals surface area contributed by atoms with Gasteiger partial charge >= 0.3 is 6.03 Å². The molecule has 1 aromatic rings. The van der Waals surface area contributed by atoms with Crippen molar-refractivity contribution < 1.29 is 9.53 Å². The summed E-state index contributed by atoms with van der Waals surface area (Å²) in [5.74, 6) is 0.807. The Morgan fingerprint density at radius 2 is 1.86 bits per heavy atom. The SMILES string of the molecule is CCOc1ccc(NC(=O)NN2[C@H](C)CCC[C@H]2C)cc1. The number of hydrogen-bond acceptors (Lipinski definition) is 3. The van der Waals surface area contributed by atoms with Crippen LogP contribution in [0.3, 0.4) is 0 Å². The molecular formula is C16H25N3O2. The molecule has 2 rings (SSSR count). The van der Waals surface area contributed by atoms with Crippen LogP contribution in [0.25, 0.3) is 0 Å². The lowest BCUT2D eigenvalue weighted by Gasteiger charge is -2.38. The van der Waals surface area contributed by atoms with Crippen molar-refractivity contribution >= 4 is 11.7 Å². The minimum atomic E-state index is -0.195. The fourth-order valence-electron chi connectivity index (χ4n) is 2.72. The van der Waals surface area contributed by atoms with E-state index in [2.05, 4.69) is 24.6 Å². The molecule has 21 heavy (non-hydrogen) atoms. The Morgan fingerprint density at radius 1 is 1.24 bits per heavy atom. The molecule has 116 valence electrons. The van der Waals surface area contributed by atoms with Gasteiger partial charge < -0.3 is 10.1 Å². The Labute approximate surface area is 126 Å². The monoisotopic (exact) mass is 291 g/mol. The van der Waals surface area contributed by atoms with E-state index in [1.807, 2.05) is 36.2 Å². The smallest absolute Gasteiger partial charge is 0.333 e. The minimum absolute atomic E-state index is 0.195. The minimum Gasteiger partial charge on any atom is -0.494 e. The number of anilines is 1. The molecule has 1 saturated heterocycles. The van der Waals surface area contributed by atoms with Gasteiger partial charge in [0.2, 0.25) is 0 Å². The number of nitrogens with zero attached hydrogens (tertiary/aromatic N) is 1. The van der Waals surface area contributed by atoms with Gasteiger partial charge in [0.1, 0.15) is 5.75 Å². The highest BCUT2D eigenvalue weighted by Gasteiger charge is 2.25. The number of carbonyl (C=O) groups excluding carboxylic acids is 1. The average Bonchev–Trinajstić information content (AvgIpc) is 2.45. The Kier molecular flexibility index (Phi) is 5.44. The molecule has 1 aliphatic rings. The number of piperidine rings is 1. The van der Waals surface area contributed by atoms with E-state index in [1.54, 1.807) is 0 Å². The van der Waals surface area contributed by atoms with Gasteiger partial charge in [-0.3, -0.25) is 5.43 Å². The summed E-state index contributed by atoms with van der Waals surface area (Å²) in [6.45, 7) is 6.87. The molecule has 1 fully saturated rings. The molecule has 2 atom stereocenters. The van der Waals surface area contributed by atoms with Crippen LogP contribution < -0.4 is 15.5 Å². The second-order valence-corrected chi connectivity index (χ2v) is 5.56. The first kappa shape index (κ1) is 15.6. The molecule has 0 radical (unpaired) electrons. The van der Waals surface area contributed by atoms with Crippen LogP contribution in [0.1, 0.15) is 40.0 Å². The van der Waals surface area contributed by atoms with Crippen molar-refractivity contribution in [2.75, 3.05) is 11.9 Å². The Bertz CT molecular complexity index is 451. The maximum atomic E-state index is 12.1. The highest BCUT2D eigenvalue weighted by atomic mass is 16.5. The van der Waals surface area contributed by atoms with Gasteiger partial charge in [-0.25, -0.2) is 9.80 Å². The quantitative estimate of drug-likeness (QED) is 0.894. The van der Waals surface area contributed by atoms with Gasteiger partial charge in [0.05, 0.1) is 6.61 Å². The summed E-state index contributed by atoms with van der Waals surface area (Å²) in [4.78, 5) is 12.1. The maximum Gasteiger partial charge on any atom is 0.333 e. The Morgan fingerprint density at radius 3 is 2.43 bits per heavy atom. The number of ether oxygens (including phenoxy) is 1. The maximum absolute atomic E-state index is 12.1. The van der Waals surface area contributed by atoms with E-state index in [0.717, 1.165) is 24.3 Å². The van der Waals surface area contributed by atoms with Gasteiger partial charge in [0.15, 0.2) is 0 Å². The molecule has 0 aliphatic carbocycles. The lowest BCUT2D eigenvalue weighted by atomic mass is 10.00. The number of hydrogen-bond donors (Lipinski definition) is 2. The van der Waals surface area contributed by atoms with E-state index < -0.39 is 0 Å². The van der Waals surface area contributed by atoms with Crippen molar-refractivity contribution in [1.82, 2.24) is 10.4 Å². The predicted molar refractivity (Wildman–Crippen MR) is 84.4 cm³/mol. The van der Waals surface area contributed by atoms with E-state index in [0.29, 0.717) is 18.7 Å². The molecule has 1 heterocycles. The number of urea groups is 1. The van der Waals surface area contributed by atoms with Crippen LogP contribution in [-0.4, -0.2) is 29.7 Å². The van der Waals surface area contributed by atoms with E-state index in [1.165, 1.54) is 6.42 Å². The summed E-state index contributed by atoms with van der Waals surface area (Å²) < 4.78 is 5.38. The molecule has 0 unspecified atom stereocenters. The Balaban J connectivity index is 1.88. The van der Waals surface area contributed by atoms with Crippen LogP contribution in [0.5, 0.6) is 5.75 Å². The fraction of sp³-hybridized carbons (Fsp3) is 0.562. The van der Waals surface area contributed by atoms with Gasteiger partial charge in [-0.05, 0) is 57.9 Å². The molecular weight excluding hydrogens is 266 g/mol. The van der Waals surface area contributed by atoms with Crippen molar-refractivity contribution in [1.29, 1.82) is 0 Å². The first-order valence-electron chi connectivity index (χ1n) is 7.69. The van der Waals surface area contributed by atoms with Crippen molar-refractivity contribution in [3.05, 3.63) is 24.3 Å². The molecule has 5 nitrogen and oxygen atoms in total. The van der Waals surface area contributed by atoms with Gasteiger partial charge in [0.25, 0.3) is 0 Å². The van der Waals surface area contributed by atoms with Gasteiger partial charge in [0, 0.05) is 17.8 Å². The molecule has 1 aromatic carbocycles. The van der Waals surface area contributed by atoms with Crippen LogP contribution in [0.15, 0.2) is 24.3 Å². The Hall–Kier alpha value is -1.75.